The maximum Gasteiger partial charge on any atom is 0.149 e. The first-order chi connectivity index (χ1) is 14.9. The van der Waals surface area contributed by atoms with Gasteiger partial charge >= 0.3 is 0 Å². The zero-order valence-corrected chi connectivity index (χ0v) is 20.3. The highest BCUT2D eigenvalue weighted by Gasteiger charge is 2.45. The van der Waals surface area contributed by atoms with E-state index in [1.54, 1.807) is 10.9 Å². The Morgan fingerprint density at radius 1 is 1.38 bits per heavy atom. The topological polar surface area (TPSA) is 73.7 Å². The van der Waals surface area contributed by atoms with E-state index in [9.17, 15) is 8.42 Å². The van der Waals surface area contributed by atoms with Crippen LogP contribution in [0.3, 0.4) is 0 Å². The molecule has 0 aromatic carbocycles. The third kappa shape index (κ3) is 5.82. The SMILES string of the molecule is [B]C([B])([B])OC1COC2(CCN(Cc3cnn(CCS(C)(=O)=O)c3)CC2)c2sc(Cl)cc21. The number of nitrogens with zero attached hydrogens (tertiary/aromatic N) is 3. The van der Waals surface area contributed by atoms with Crippen molar-refractivity contribution in [2.24, 2.45) is 0 Å². The van der Waals surface area contributed by atoms with Crippen LogP contribution >= 0.6 is 22.9 Å². The Labute approximate surface area is 201 Å². The summed E-state index contributed by atoms with van der Waals surface area (Å²) in [6.45, 7) is 3.08. The van der Waals surface area contributed by atoms with Crippen molar-refractivity contribution < 1.29 is 17.9 Å². The number of thiophene rings is 1. The van der Waals surface area contributed by atoms with Gasteiger partial charge in [0.05, 0.1) is 53.0 Å². The fourth-order valence-corrected chi connectivity index (χ4v) is 6.28. The molecular weight excluding hydrogens is 466 g/mol. The van der Waals surface area contributed by atoms with Crippen molar-refractivity contribution in [2.75, 3.05) is 31.7 Å². The normalized spacial score (nSPS) is 21.6. The summed E-state index contributed by atoms with van der Waals surface area (Å²) >= 11 is 7.84. The Morgan fingerprint density at radius 3 is 2.75 bits per heavy atom. The molecule has 6 radical (unpaired) electrons. The number of halogens is 1. The molecule has 2 aliphatic heterocycles. The minimum absolute atomic E-state index is 0.0771. The minimum Gasteiger partial charge on any atom is -0.392 e. The summed E-state index contributed by atoms with van der Waals surface area (Å²) in [6.07, 6.45) is 6.09. The Balaban J connectivity index is 1.39. The summed E-state index contributed by atoms with van der Waals surface area (Å²) in [7, 11) is 13.9. The highest BCUT2D eigenvalue weighted by Crippen LogP contribution is 2.50. The van der Waals surface area contributed by atoms with Gasteiger partial charge in [-0.3, -0.25) is 9.58 Å². The summed E-state index contributed by atoms with van der Waals surface area (Å²) in [5, 5.41) is 2.53. The zero-order valence-electron chi connectivity index (χ0n) is 17.9. The van der Waals surface area contributed by atoms with Crippen LogP contribution in [0.2, 0.25) is 4.34 Å². The van der Waals surface area contributed by atoms with Gasteiger partial charge in [0.1, 0.15) is 21.5 Å². The molecule has 0 bridgehead atoms. The van der Waals surface area contributed by atoms with Crippen molar-refractivity contribution in [2.45, 2.75) is 42.9 Å². The van der Waals surface area contributed by atoms with E-state index in [4.69, 9.17) is 44.6 Å². The van der Waals surface area contributed by atoms with Crippen LogP contribution in [-0.2, 0) is 38.0 Å². The molecule has 1 atom stereocenters. The first kappa shape index (κ1) is 24.4. The molecule has 32 heavy (non-hydrogen) atoms. The van der Waals surface area contributed by atoms with Gasteiger partial charge in [0.25, 0.3) is 0 Å². The highest BCUT2D eigenvalue weighted by molar-refractivity contribution is 7.90. The highest BCUT2D eigenvalue weighted by atomic mass is 35.5. The summed E-state index contributed by atoms with van der Waals surface area (Å²) in [5.74, 6) is 0.0771. The standard InChI is InChI=1S/C19H23B3ClN3O4S2/c1-32(27,28)7-6-26-11-13(9-24-26)10-25-4-2-18(3-5-25)17-14(8-16(23)31-17)15(12-29-18)30-19(20,21)22/h8-9,11,15H,2-7,10,12H2,1H3. The third-order valence-corrected chi connectivity index (χ3v) is 8.19. The maximum absolute atomic E-state index is 11.4. The molecule has 1 fully saturated rings. The van der Waals surface area contributed by atoms with Crippen molar-refractivity contribution in [1.29, 1.82) is 0 Å². The fourth-order valence-electron chi connectivity index (χ4n) is 4.27. The number of hydrogen-bond donors (Lipinski definition) is 0. The second-order valence-corrected chi connectivity index (χ2v) is 12.6. The van der Waals surface area contributed by atoms with Crippen molar-refractivity contribution in [3.8, 4) is 0 Å². The molecule has 2 aromatic rings. The van der Waals surface area contributed by atoms with Crippen LogP contribution in [0.25, 0.3) is 0 Å². The largest absolute Gasteiger partial charge is 0.392 e. The van der Waals surface area contributed by atoms with Crippen LogP contribution in [0.5, 0.6) is 0 Å². The smallest absolute Gasteiger partial charge is 0.149 e. The first-order valence-corrected chi connectivity index (χ1v) is 13.6. The third-order valence-electron chi connectivity index (χ3n) is 5.80. The van der Waals surface area contributed by atoms with Gasteiger partial charge in [-0.25, -0.2) is 8.42 Å². The monoisotopic (exact) mass is 489 g/mol. The Bertz CT molecular complexity index is 1060. The number of fused-ring (bicyclic) bond motifs is 2. The number of aromatic nitrogens is 2. The molecule has 2 aliphatic rings. The van der Waals surface area contributed by atoms with E-state index < -0.39 is 26.8 Å². The van der Waals surface area contributed by atoms with Gasteiger partial charge < -0.3 is 9.47 Å². The molecule has 0 N–H and O–H groups in total. The molecule has 1 spiro atoms. The molecule has 0 saturated carbocycles. The number of rotatable bonds is 7. The van der Waals surface area contributed by atoms with Crippen molar-refractivity contribution in [1.82, 2.24) is 14.7 Å². The number of hydrogen-bond acceptors (Lipinski definition) is 7. The molecule has 166 valence electrons. The van der Waals surface area contributed by atoms with E-state index in [0.29, 0.717) is 17.5 Å². The lowest BCUT2D eigenvalue weighted by Gasteiger charge is -2.46. The average Bonchev–Trinajstić information content (AvgIpc) is 3.30. The molecule has 1 saturated heterocycles. The van der Waals surface area contributed by atoms with Gasteiger partial charge in [-0.2, -0.15) is 5.10 Å². The van der Waals surface area contributed by atoms with Crippen LogP contribution in [-0.4, -0.2) is 83.6 Å². The number of aryl methyl sites for hydroxylation is 1. The van der Waals surface area contributed by atoms with E-state index in [0.717, 1.165) is 48.5 Å². The van der Waals surface area contributed by atoms with Gasteiger partial charge in [-0.05, 0) is 24.2 Å². The van der Waals surface area contributed by atoms with Gasteiger partial charge in [0.15, 0.2) is 0 Å². The predicted molar refractivity (Wildman–Crippen MR) is 127 cm³/mol. The average molecular weight is 489 g/mol. The first-order valence-electron chi connectivity index (χ1n) is 10.3. The summed E-state index contributed by atoms with van der Waals surface area (Å²) in [5.41, 5.74) is 1.58. The molecule has 7 nitrogen and oxygen atoms in total. The van der Waals surface area contributed by atoms with Gasteiger partial charge in [-0.15, -0.1) is 11.3 Å². The lowest BCUT2D eigenvalue weighted by Crippen LogP contribution is -2.47. The van der Waals surface area contributed by atoms with E-state index in [-0.39, 0.29) is 5.75 Å². The molecule has 2 aromatic heterocycles. The van der Waals surface area contributed by atoms with Crippen LogP contribution in [0.1, 0.15) is 34.9 Å². The second kappa shape index (κ2) is 9.11. The van der Waals surface area contributed by atoms with Gasteiger partial charge in [0, 0.05) is 48.1 Å². The molecular formula is C19H23B3ClN3O4S2. The van der Waals surface area contributed by atoms with E-state index in [1.807, 2.05) is 12.3 Å². The van der Waals surface area contributed by atoms with Crippen molar-refractivity contribution in [3.05, 3.63) is 38.8 Å². The second-order valence-electron chi connectivity index (χ2n) is 8.62. The summed E-state index contributed by atoms with van der Waals surface area (Å²) < 4.78 is 37.0. The Hall–Kier alpha value is -0.775. The molecule has 4 rings (SSSR count). The lowest BCUT2D eigenvalue weighted by atomic mass is 9.52. The number of likely N-dealkylation sites (tertiary alicyclic amines) is 1. The van der Waals surface area contributed by atoms with E-state index in [2.05, 4.69) is 10.00 Å². The van der Waals surface area contributed by atoms with E-state index >= 15 is 0 Å². The van der Waals surface area contributed by atoms with Gasteiger partial charge in [-0.1, -0.05) is 11.6 Å². The molecule has 4 heterocycles. The Morgan fingerprint density at radius 2 is 2.09 bits per heavy atom. The number of piperidine rings is 1. The number of sulfone groups is 1. The predicted octanol–water partition coefficient (Wildman–Crippen LogP) is 1.34. The molecule has 13 heteroatoms. The van der Waals surface area contributed by atoms with Gasteiger partial charge in [0.2, 0.25) is 0 Å². The minimum atomic E-state index is -3.02. The zero-order chi connectivity index (χ0) is 23.1. The fraction of sp³-hybridized carbons (Fsp3) is 0.632. The maximum atomic E-state index is 11.4. The molecule has 0 amide bonds. The molecule has 0 aliphatic carbocycles. The molecule has 1 unspecified atom stereocenters. The Kier molecular flexibility index (Phi) is 6.93. The summed E-state index contributed by atoms with van der Waals surface area (Å²) in [4.78, 5) is 3.39. The van der Waals surface area contributed by atoms with Crippen LogP contribution in [0.4, 0.5) is 0 Å². The van der Waals surface area contributed by atoms with Crippen LogP contribution in [0.15, 0.2) is 18.5 Å². The van der Waals surface area contributed by atoms with E-state index in [1.165, 1.54) is 17.6 Å². The lowest BCUT2D eigenvalue weighted by molar-refractivity contribution is -0.143. The number of ether oxygens (including phenoxy) is 2. The quantitative estimate of drug-likeness (QED) is 0.547. The van der Waals surface area contributed by atoms with Crippen LogP contribution in [0, 0.1) is 0 Å². The van der Waals surface area contributed by atoms with Crippen molar-refractivity contribution >= 4 is 56.3 Å². The van der Waals surface area contributed by atoms with Crippen LogP contribution < -0.4 is 0 Å². The van der Waals surface area contributed by atoms with Crippen molar-refractivity contribution in [3.63, 3.8) is 0 Å². The summed E-state index contributed by atoms with van der Waals surface area (Å²) in [6, 6.07) is 1.89.